The summed E-state index contributed by atoms with van der Waals surface area (Å²) in [4.78, 5) is 0.167. The normalized spacial score (nSPS) is 11.1. The molecule has 0 fully saturated rings. The number of anilines is 1. The minimum absolute atomic E-state index is 0.00428. The van der Waals surface area contributed by atoms with Crippen molar-refractivity contribution >= 4 is 15.7 Å². The second-order valence-electron chi connectivity index (χ2n) is 5.05. The molecule has 3 rings (SSSR count). The Morgan fingerprint density at radius 3 is 2.04 bits per heavy atom. The molecular formula is C18H15NO3S. The molecule has 0 saturated heterocycles. The summed E-state index contributed by atoms with van der Waals surface area (Å²) in [6, 6.07) is 22.4. The zero-order chi connectivity index (χ0) is 16.3. The SMILES string of the molecule is O=S(=O)(Nc1cccc(O)c1)c1ccc(-c2ccccc2)cc1. The van der Waals surface area contributed by atoms with Crippen LogP contribution >= 0.6 is 0 Å². The van der Waals surface area contributed by atoms with Crippen LogP contribution in [0.25, 0.3) is 11.1 Å². The maximum atomic E-state index is 12.4. The molecule has 23 heavy (non-hydrogen) atoms. The van der Waals surface area contributed by atoms with E-state index < -0.39 is 10.0 Å². The third kappa shape index (κ3) is 3.52. The third-order valence-electron chi connectivity index (χ3n) is 3.37. The second kappa shape index (κ2) is 6.14. The van der Waals surface area contributed by atoms with E-state index in [1.54, 1.807) is 36.4 Å². The molecule has 0 spiro atoms. The number of phenols is 1. The lowest BCUT2D eigenvalue weighted by atomic mass is 10.1. The van der Waals surface area contributed by atoms with Crippen molar-refractivity contribution in [1.82, 2.24) is 0 Å². The van der Waals surface area contributed by atoms with Crippen molar-refractivity contribution in [3.8, 4) is 16.9 Å². The molecule has 0 amide bonds. The molecule has 116 valence electrons. The van der Waals surface area contributed by atoms with Gasteiger partial charge in [-0.1, -0.05) is 48.5 Å². The number of sulfonamides is 1. The van der Waals surface area contributed by atoms with Gasteiger partial charge in [0.25, 0.3) is 10.0 Å². The smallest absolute Gasteiger partial charge is 0.261 e. The molecule has 0 radical (unpaired) electrons. The number of hydrogen-bond acceptors (Lipinski definition) is 3. The summed E-state index contributed by atoms with van der Waals surface area (Å²) < 4.78 is 27.2. The van der Waals surface area contributed by atoms with Crippen molar-refractivity contribution < 1.29 is 13.5 Å². The summed E-state index contributed by atoms with van der Waals surface area (Å²) in [5.74, 6) is 0.00428. The Balaban J connectivity index is 1.86. The Morgan fingerprint density at radius 1 is 0.739 bits per heavy atom. The van der Waals surface area contributed by atoms with Gasteiger partial charge in [-0.05, 0) is 35.4 Å². The maximum absolute atomic E-state index is 12.4. The van der Waals surface area contributed by atoms with Gasteiger partial charge in [-0.15, -0.1) is 0 Å². The topological polar surface area (TPSA) is 66.4 Å². The number of nitrogens with one attached hydrogen (secondary N) is 1. The van der Waals surface area contributed by atoms with Crippen LogP contribution in [0.2, 0.25) is 0 Å². The van der Waals surface area contributed by atoms with Crippen molar-refractivity contribution in [1.29, 1.82) is 0 Å². The van der Waals surface area contributed by atoms with E-state index in [0.29, 0.717) is 5.69 Å². The minimum atomic E-state index is -3.69. The first-order chi connectivity index (χ1) is 11.0. The van der Waals surface area contributed by atoms with Gasteiger partial charge in [0.2, 0.25) is 0 Å². The number of hydrogen-bond donors (Lipinski definition) is 2. The zero-order valence-corrected chi connectivity index (χ0v) is 13.0. The molecule has 0 aliphatic rings. The highest BCUT2D eigenvalue weighted by molar-refractivity contribution is 7.92. The molecule has 0 bridgehead atoms. The van der Waals surface area contributed by atoms with Gasteiger partial charge in [-0.25, -0.2) is 8.42 Å². The van der Waals surface area contributed by atoms with Crippen LogP contribution in [0.4, 0.5) is 5.69 Å². The quantitative estimate of drug-likeness (QED) is 0.765. The lowest BCUT2D eigenvalue weighted by Crippen LogP contribution is -2.12. The van der Waals surface area contributed by atoms with Gasteiger partial charge < -0.3 is 5.11 Å². The molecule has 0 unspecified atom stereocenters. The van der Waals surface area contributed by atoms with Crippen LogP contribution in [-0.4, -0.2) is 13.5 Å². The molecule has 5 heteroatoms. The first-order valence-electron chi connectivity index (χ1n) is 7.02. The number of benzene rings is 3. The largest absolute Gasteiger partial charge is 0.508 e. The van der Waals surface area contributed by atoms with Crippen LogP contribution in [0.1, 0.15) is 0 Å². The summed E-state index contributed by atoms with van der Waals surface area (Å²) in [5, 5.41) is 9.41. The summed E-state index contributed by atoms with van der Waals surface area (Å²) in [5.41, 5.74) is 2.29. The van der Waals surface area contributed by atoms with Crippen molar-refractivity contribution in [3.05, 3.63) is 78.9 Å². The maximum Gasteiger partial charge on any atom is 0.261 e. The molecule has 0 aliphatic heterocycles. The van der Waals surface area contributed by atoms with Crippen molar-refractivity contribution in [3.63, 3.8) is 0 Å². The number of rotatable bonds is 4. The summed E-state index contributed by atoms with van der Waals surface area (Å²) in [7, 11) is -3.69. The van der Waals surface area contributed by atoms with E-state index in [-0.39, 0.29) is 10.6 Å². The Kier molecular flexibility index (Phi) is 4.04. The standard InChI is InChI=1S/C18H15NO3S/c20-17-8-4-7-16(13-17)19-23(21,22)18-11-9-15(10-12-18)14-5-2-1-3-6-14/h1-13,19-20H. The van der Waals surface area contributed by atoms with Crippen LogP contribution in [0, 0.1) is 0 Å². The molecular weight excluding hydrogens is 310 g/mol. The predicted molar refractivity (Wildman–Crippen MR) is 90.8 cm³/mol. The first-order valence-corrected chi connectivity index (χ1v) is 8.50. The molecule has 0 aromatic heterocycles. The average molecular weight is 325 g/mol. The van der Waals surface area contributed by atoms with E-state index in [4.69, 9.17) is 0 Å². The number of phenolic OH excluding ortho intramolecular Hbond substituents is 1. The van der Waals surface area contributed by atoms with Gasteiger partial charge in [0, 0.05) is 6.07 Å². The zero-order valence-electron chi connectivity index (χ0n) is 12.2. The molecule has 3 aromatic rings. The molecule has 3 aromatic carbocycles. The van der Waals surface area contributed by atoms with Crippen LogP contribution in [0.15, 0.2) is 83.8 Å². The molecule has 0 heterocycles. The fraction of sp³-hybridized carbons (Fsp3) is 0. The van der Waals surface area contributed by atoms with E-state index >= 15 is 0 Å². The molecule has 0 atom stereocenters. The molecule has 0 saturated carbocycles. The molecule has 2 N–H and O–H groups in total. The number of aromatic hydroxyl groups is 1. The monoisotopic (exact) mass is 325 g/mol. The van der Waals surface area contributed by atoms with Crippen LogP contribution in [-0.2, 0) is 10.0 Å². The Bertz CT molecular complexity index is 905. The van der Waals surface area contributed by atoms with Gasteiger partial charge in [0.15, 0.2) is 0 Å². The summed E-state index contributed by atoms with van der Waals surface area (Å²) >= 11 is 0. The Labute approximate surface area is 135 Å². The minimum Gasteiger partial charge on any atom is -0.508 e. The van der Waals surface area contributed by atoms with Crippen LogP contribution < -0.4 is 4.72 Å². The predicted octanol–water partition coefficient (Wildman–Crippen LogP) is 3.86. The van der Waals surface area contributed by atoms with Gasteiger partial charge in [0.05, 0.1) is 10.6 Å². The van der Waals surface area contributed by atoms with Crippen molar-refractivity contribution in [2.45, 2.75) is 4.90 Å². The van der Waals surface area contributed by atoms with E-state index in [1.807, 2.05) is 30.3 Å². The van der Waals surface area contributed by atoms with Crippen molar-refractivity contribution in [2.24, 2.45) is 0 Å². The fourth-order valence-electron chi connectivity index (χ4n) is 2.24. The van der Waals surface area contributed by atoms with Gasteiger partial charge >= 0.3 is 0 Å². The highest BCUT2D eigenvalue weighted by Crippen LogP contribution is 2.23. The highest BCUT2D eigenvalue weighted by Gasteiger charge is 2.14. The van der Waals surface area contributed by atoms with E-state index in [2.05, 4.69) is 4.72 Å². The third-order valence-corrected chi connectivity index (χ3v) is 4.77. The fourth-order valence-corrected chi connectivity index (χ4v) is 3.29. The highest BCUT2D eigenvalue weighted by atomic mass is 32.2. The Morgan fingerprint density at radius 2 is 1.39 bits per heavy atom. The van der Waals surface area contributed by atoms with E-state index in [9.17, 15) is 13.5 Å². The molecule has 4 nitrogen and oxygen atoms in total. The second-order valence-corrected chi connectivity index (χ2v) is 6.73. The van der Waals surface area contributed by atoms with E-state index in [1.165, 1.54) is 12.1 Å². The van der Waals surface area contributed by atoms with Crippen molar-refractivity contribution in [2.75, 3.05) is 4.72 Å². The van der Waals surface area contributed by atoms with Gasteiger partial charge in [0.1, 0.15) is 5.75 Å². The molecule has 0 aliphatic carbocycles. The lowest BCUT2D eigenvalue weighted by molar-refractivity contribution is 0.475. The van der Waals surface area contributed by atoms with Gasteiger partial charge in [-0.3, -0.25) is 4.72 Å². The summed E-state index contributed by atoms with van der Waals surface area (Å²) in [6.07, 6.45) is 0. The summed E-state index contributed by atoms with van der Waals surface area (Å²) in [6.45, 7) is 0. The lowest BCUT2D eigenvalue weighted by Gasteiger charge is -2.09. The average Bonchev–Trinajstić information content (AvgIpc) is 2.55. The van der Waals surface area contributed by atoms with Crippen LogP contribution in [0.3, 0.4) is 0 Å². The Hall–Kier alpha value is -2.79. The van der Waals surface area contributed by atoms with E-state index in [0.717, 1.165) is 11.1 Å². The van der Waals surface area contributed by atoms with Crippen LogP contribution in [0.5, 0.6) is 5.75 Å². The van der Waals surface area contributed by atoms with Gasteiger partial charge in [-0.2, -0.15) is 0 Å². The first kappa shape index (κ1) is 15.1.